The largest absolute Gasteiger partial charge is 0.486 e. The van der Waals surface area contributed by atoms with Crippen molar-refractivity contribution in [2.24, 2.45) is 0 Å². The third-order valence-corrected chi connectivity index (χ3v) is 3.74. The molecule has 0 radical (unpaired) electrons. The molecular formula is C18H15NO4. The van der Waals surface area contributed by atoms with E-state index in [1.807, 2.05) is 24.3 Å². The highest BCUT2D eigenvalue weighted by Crippen LogP contribution is 2.32. The molecule has 0 aliphatic carbocycles. The lowest BCUT2D eigenvalue weighted by atomic mass is 10.1. The molecule has 0 saturated carbocycles. The lowest BCUT2D eigenvalue weighted by Crippen LogP contribution is -2.17. The number of hydrogen-bond acceptors (Lipinski definition) is 4. The van der Waals surface area contributed by atoms with E-state index < -0.39 is 0 Å². The molecule has 0 saturated heterocycles. The second-order valence-corrected chi connectivity index (χ2v) is 5.34. The number of anilines is 1. The molecule has 1 amide bonds. The van der Waals surface area contributed by atoms with Crippen LogP contribution in [0.5, 0.6) is 11.5 Å². The summed E-state index contributed by atoms with van der Waals surface area (Å²) in [6.07, 6.45) is 1.89. The minimum atomic E-state index is -0.103. The number of amides is 1. The van der Waals surface area contributed by atoms with E-state index in [0.29, 0.717) is 30.4 Å². The Morgan fingerprint density at radius 3 is 2.78 bits per heavy atom. The van der Waals surface area contributed by atoms with Crippen molar-refractivity contribution >= 4 is 22.6 Å². The summed E-state index contributed by atoms with van der Waals surface area (Å²) in [5, 5.41) is 3.84. The van der Waals surface area contributed by atoms with Gasteiger partial charge in [-0.05, 0) is 18.2 Å². The van der Waals surface area contributed by atoms with E-state index in [0.717, 1.165) is 16.5 Å². The van der Waals surface area contributed by atoms with Crippen LogP contribution in [-0.4, -0.2) is 19.1 Å². The fourth-order valence-electron chi connectivity index (χ4n) is 2.67. The van der Waals surface area contributed by atoms with Gasteiger partial charge in [0.05, 0.1) is 12.7 Å². The maximum atomic E-state index is 12.3. The molecule has 23 heavy (non-hydrogen) atoms. The van der Waals surface area contributed by atoms with Crippen LogP contribution in [0, 0.1) is 0 Å². The summed E-state index contributed by atoms with van der Waals surface area (Å²) < 4.78 is 16.4. The second-order valence-electron chi connectivity index (χ2n) is 5.34. The van der Waals surface area contributed by atoms with Gasteiger partial charge in [-0.15, -0.1) is 0 Å². The fourth-order valence-corrected chi connectivity index (χ4v) is 2.67. The van der Waals surface area contributed by atoms with Crippen molar-refractivity contribution in [3.63, 3.8) is 0 Å². The summed E-state index contributed by atoms with van der Waals surface area (Å²) in [7, 11) is 0. The van der Waals surface area contributed by atoms with Gasteiger partial charge in [-0.2, -0.15) is 0 Å². The van der Waals surface area contributed by atoms with Crippen molar-refractivity contribution in [2.45, 2.75) is 6.42 Å². The van der Waals surface area contributed by atoms with Crippen molar-refractivity contribution in [2.75, 3.05) is 18.5 Å². The molecule has 1 aliphatic rings. The summed E-state index contributed by atoms with van der Waals surface area (Å²) in [6, 6.07) is 13.1. The SMILES string of the molecule is O=C(Cc1coc2ccccc12)Nc1ccc2c(c1)OCCO2. The van der Waals surface area contributed by atoms with E-state index in [-0.39, 0.29) is 12.3 Å². The zero-order chi connectivity index (χ0) is 15.6. The van der Waals surface area contributed by atoms with Crippen LogP contribution in [0.1, 0.15) is 5.56 Å². The summed E-state index contributed by atoms with van der Waals surface area (Å²) in [4.78, 5) is 12.3. The Morgan fingerprint density at radius 2 is 1.87 bits per heavy atom. The first kappa shape index (κ1) is 13.7. The van der Waals surface area contributed by atoms with Gasteiger partial charge in [0.25, 0.3) is 0 Å². The minimum Gasteiger partial charge on any atom is -0.486 e. The van der Waals surface area contributed by atoms with E-state index >= 15 is 0 Å². The van der Waals surface area contributed by atoms with Crippen LogP contribution in [-0.2, 0) is 11.2 Å². The van der Waals surface area contributed by atoms with Crippen LogP contribution in [0.25, 0.3) is 11.0 Å². The van der Waals surface area contributed by atoms with Crippen LogP contribution in [0.2, 0.25) is 0 Å². The van der Waals surface area contributed by atoms with Gasteiger partial charge >= 0.3 is 0 Å². The number of carbonyl (C=O) groups is 1. The van der Waals surface area contributed by atoms with Gasteiger partial charge in [0.15, 0.2) is 11.5 Å². The van der Waals surface area contributed by atoms with Gasteiger partial charge in [0, 0.05) is 22.7 Å². The van der Waals surface area contributed by atoms with Crippen LogP contribution in [0.4, 0.5) is 5.69 Å². The summed E-state index contributed by atoms with van der Waals surface area (Å²) in [5.74, 6) is 1.26. The average Bonchev–Trinajstić information content (AvgIpc) is 2.98. The number of furan rings is 1. The Hall–Kier alpha value is -2.95. The maximum absolute atomic E-state index is 12.3. The zero-order valence-electron chi connectivity index (χ0n) is 12.4. The molecule has 1 aliphatic heterocycles. The number of ether oxygens (including phenoxy) is 2. The summed E-state index contributed by atoms with van der Waals surface area (Å²) in [5.41, 5.74) is 2.34. The Labute approximate surface area is 132 Å². The molecule has 0 fully saturated rings. The predicted molar refractivity (Wildman–Crippen MR) is 86.0 cm³/mol. The minimum absolute atomic E-state index is 0.103. The highest BCUT2D eigenvalue weighted by molar-refractivity contribution is 5.95. The van der Waals surface area contributed by atoms with Gasteiger partial charge < -0.3 is 19.2 Å². The molecule has 1 N–H and O–H groups in total. The third kappa shape index (κ3) is 2.73. The van der Waals surface area contributed by atoms with Gasteiger partial charge in [0.1, 0.15) is 18.8 Å². The van der Waals surface area contributed by atoms with E-state index in [1.165, 1.54) is 0 Å². The molecule has 1 aromatic heterocycles. The van der Waals surface area contributed by atoms with Crippen molar-refractivity contribution in [3.8, 4) is 11.5 Å². The van der Waals surface area contributed by atoms with E-state index in [4.69, 9.17) is 13.9 Å². The van der Waals surface area contributed by atoms with Gasteiger partial charge in [-0.1, -0.05) is 18.2 Å². The van der Waals surface area contributed by atoms with Crippen LogP contribution in [0.3, 0.4) is 0 Å². The first-order valence-corrected chi connectivity index (χ1v) is 7.44. The normalized spacial score (nSPS) is 13.0. The topological polar surface area (TPSA) is 60.7 Å². The molecule has 116 valence electrons. The predicted octanol–water partition coefficient (Wildman–Crippen LogP) is 3.39. The first-order chi connectivity index (χ1) is 11.3. The van der Waals surface area contributed by atoms with E-state index in [9.17, 15) is 4.79 Å². The highest BCUT2D eigenvalue weighted by Gasteiger charge is 2.14. The quantitative estimate of drug-likeness (QED) is 0.805. The number of fused-ring (bicyclic) bond motifs is 2. The number of carbonyl (C=O) groups excluding carboxylic acids is 1. The second kappa shape index (κ2) is 5.68. The molecule has 0 atom stereocenters. The van der Waals surface area contributed by atoms with Gasteiger partial charge in [-0.3, -0.25) is 4.79 Å². The third-order valence-electron chi connectivity index (χ3n) is 3.74. The number of benzene rings is 2. The Bertz CT molecular complexity index is 868. The first-order valence-electron chi connectivity index (χ1n) is 7.44. The molecule has 5 heteroatoms. The molecule has 5 nitrogen and oxygen atoms in total. The molecule has 4 rings (SSSR count). The molecular weight excluding hydrogens is 294 g/mol. The van der Waals surface area contributed by atoms with Crippen molar-refractivity contribution in [3.05, 3.63) is 54.3 Å². The summed E-state index contributed by atoms with van der Waals surface area (Å²) >= 11 is 0. The molecule has 3 aromatic rings. The van der Waals surface area contributed by atoms with Crippen molar-refractivity contribution < 1.29 is 18.7 Å². The van der Waals surface area contributed by atoms with Gasteiger partial charge in [0.2, 0.25) is 5.91 Å². The Morgan fingerprint density at radius 1 is 1.04 bits per heavy atom. The number of nitrogens with one attached hydrogen (secondary N) is 1. The van der Waals surface area contributed by atoms with Crippen molar-refractivity contribution in [1.82, 2.24) is 0 Å². The fraction of sp³-hybridized carbons (Fsp3) is 0.167. The van der Waals surface area contributed by atoms with Crippen LogP contribution in [0.15, 0.2) is 53.1 Å². The monoisotopic (exact) mass is 309 g/mol. The Balaban J connectivity index is 1.50. The van der Waals surface area contributed by atoms with Gasteiger partial charge in [-0.25, -0.2) is 0 Å². The number of hydrogen-bond donors (Lipinski definition) is 1. The zero-order valence-corrected chi connectivity index (χ0v) is 12.4. The molecule has 2 heterocycles. The highest BCUT2D eigenvalue weighted by atomic mass is 16.6. The smallest absolute Gasteiger partial charge is 0.228 e. The van der Waals surface area contributed by atoms with E-state index in [2.05, 4.69) is 5.32 Å². The maximum Gasteiger partial charge on any atom is 0.228 e. The molecule has 0 bridgehead atoms. The van der Waals surface area contributed by atoms with E-state index in [1.54, 1.807) is 24.5 Å². The number of para-hydroxylation sites is 1. The van der Waals surface area contributed by atoms with Crippen molar-refractivity contribution in [1.29, 1.82) is 0 Å². The molecule has 0 spiro atoms. The Kier molecular flexibility index (Phi) is 3.38. The van der Waals surface area contributed by atoms with Crippen LogP contribution < -0.4 is 14.8 Å². The average molecular weight is 309 g/mol. The summed E-state index contributed by atoms with van der Waals surface area (Å²) in [6.45, 7) is 1.07. The molecule has 0 unspecified atom stereocenters. The molecule has 2 aromatic carbocycles. The number of rotatable bonds is 3. The lowest BCUT2D eigenvalue weighted by Gasteiger charge is -2.19. The lowest BCUT2D eigenvalue weighted by molar-refractivity contribution is -0.115. The van der Waals surface area contributed by atoms with Crippen LogP contribution >= 0.6 is 0 Å². The standard InChI is InChI=1S/C18H15NO4/c20-18(9-12-11-23-15-4-2-1-3-14(12)15)19-13-5-6-16-17(10-13)22-8-7-21-16/h1-6,10-11H,7-9H2,(H,19,20).